The van der Waals surface area contributed by atoms with Crippen molar-refractivity contribution in [3.8, 4) is 5.75 Å². The first-order valence-electron chi connectivity index (χ1n) is 8.57. The Hall–Kier alpha value is -3.02. The van der Waals surface area contributed by atoms with Crippen LogP contribution in [0.25, 0.3) is 17.0 Å². The molecule has 0 unspecified atom stereocenters. The number of piperazine rings is 1. The van der Waals surface area contributed by atoms with Gasteiger partial charge in [0.15, 0.2) is 0 Å². The molecule has 26 heavy (non-hydrogen) atoms. The number of carbonyl (C=O) groups excluding carboxylic acids is 2. The molecule has 0 aliphatic carbocycles. The molecule has 0 spiro atoms. The van der Waals surface area contributed by atoms with Crippen molar-refractivity contribution in [3.63, 3.8) is 0 Å². The van der Waals surface area contributed by atoms with Crippen LogP contribution in [0.2, 0.25) is 0 Å². The van der Waals surface area contributed by atoms with E-state index in [9.17, 15) is 9.59 Å². The molecule has 1 fully saturated rings. The minimum Gasteiger partial charge on any atom is -0.497 e. The van der Waals surface area contributed by atoms with E-state index >= 15 is 0 Å². The van der Waals surface area contributed by atoms with E-state index in [4.69, 9.17) is 4.74 Å². The summed E-state index contributed by atoms with van der Waals surface area (Å²) in [5.41, 5.74) is 2.81. The maximum absolute atomic E-state index is 12.6. The third-order valence-corrected chi connectivity index (χ3v) is 5.06. The summed E-state index contributed by atoms with van der Waals surface area (Å²) in [6.07, 6.45) is 5.46. The molecule has 3 heterocycles. The number of nitrogens with one attached hydrogen (secondary N) is 2. The first-order valence-corrected chi connectivity index (χ1v) is 8.57. The summed E-state index contributed by atoms with van der Waals surface area (Å²) in [5, 5.41) is 3.71. The van der Waals surface area contributed by atoms with Crippen LogP contribution < -0.4 is 10.1 Å². The molecule has 0 saturated carbocycles. The summed E-state index contributed by atoms with van der Waals surface area (Å²) >= 11 is 0. The number of allylic oxidation sites excluding steroid dienone is 1. The molecule has 1 aromatic heterocycles. The van der Waals surface area contributed by atoms with Crippen LogP contribution >= 0.6 is 0 Å². The number of amides is 2. The lowest BCUT2D eigenvalue weighted by atomic mass is 9.85. The van der Waals surface area contributed by atoms with Crippen molar-refractivity contribution in [3.05, 3.63) is 47.4 Å². The fourth-order valence-corrected chi connectivity index (χ4v) is 3.52. The summed E-state index contributed by atoms with van der Waals surface area (Å²) in [6.45, 7) is 5.84. The van der Waals surface area contributed by atoms with E-state index in [1.807, 2.05) is 24.3 Å². The fourth-order valence-electron chi connectivity index (χ4n) is 3.52. The number of benzene rings is 1. The van der Waals surface area contributed by atoms with Gasteiger partial charge in [0.2, 0.25) is 0 Å². The summed E-state index contributed by atoms with van der Waals surface area (Å²) in [7, 11) is 1.63. The number of H-pyrrole nitrogens is 1. The Balaban J connectivity index is 2.01. The maximum atomic E-state index is 12.6. The molecular weight excluding hydrogens is 330 g/mol. The molecule has 2 amide bonds. The van der Waals surface area contributed by atoms with Crippen LogP contribution in [-0.2, 0) is 15.0 Å². The van der Waals surface area contributed by atoms with Crippen molar-refractivity contribution in [2.75, 3.05) is 7.11 Å². The third kappa shape index (κ3) is 2.33. The van der Waals surface area contributed by atoms with Crippen molar-refractivity contribution in [1.29, 1.82) is 0 Å². The number of carbonyl (C=O) groups is 2. The van der Waals surface area contributed by atoms with Crippen molar-refractivity contribution in [2.45, 2.75) is 32.2 Å². The second-order valence-electron chi connectivity index (χ2n) is 7.30. The van der Waals surface area contributed by atoms with E-state index < -0.39 is 6.04 Å². The number of methoxy groups -OCH3 is 1. The zero-order chi connectivity index (χ0) is 18.6. The van der Waals surface area contributed by atoms with Gasteiger partial charge in [0.1, 0.15) is 17.5 Å². The van der Waals surface area contributed by atoms with Crippen LogP contribution in [0, 0.1) is 0 Å². The average molecular weight is 351 g/mol. The summed E-state index contributed by atoms with van der Waals surface area (Å²) in [6, 6.07) is 5.25. The Kier molecular flexibility index (Phi) is 3.47. The van der Waals surface area contributed by atoms with Crippen molar-refractivity contribution in [1.82, 2.24) is 15.2 Å². The molecule has 4 rings (SSSR count). The Bertz CT molecular complexity index is 997. The standard InChI is InChI=1S/C20H21N3O3/c1-11-19(25)23-8-7-20(2,3)17-14(10-16(23)18(24)21-11)13-6-5-12(26-4)9-15(13)22-17/h5-11,22H,1-4H3,(H,21,24)/b8-7-,16-10?/t11-/m0/s1. The monoisotopic (exact) mass is 351 g/mol. The topological polar surface area (TPSA) is 74.4 Å². The van der Waals surface area contributed by atoms with E-state index in [1.165, 1.54) is 4.90 Å². The van der Waals surface area contributed by atoms with Crippen molar-refractivity contribution < 1.29 is 14.3 Å². The summed E-state index contributed by atoms with van der Waals surface area (Å²) in [4.78, 5) is 30.0. The Morgan fingerprint density at radius 2 is 2.00 bits per heavy atom. The number of nitrogens with zero attached hydrogens (tertiary/aromatic N) is 1. The molecule has 2 aliphatic heterocycles. The number of aromatic nitrogens is 1. The molecular formula is C20H21N3O3. The van der Waals surface area contributed by atoms with Gasteiger partial charge in [-0.3, -0.25) is 14.5 Å². The molecule has 0 bridgehead atoms. The van der Waals surface area contributed by atoms with E-state index in [-0.39, 0.29) is 17.2 Å². The highest BCUT2D eigenvalue weighted by atomic mass is 16.5. The number of fused-ring (bicyclic) bond motifs is 4. The first kappa shape index (κ1) is 16.4. The van der Waals surface area contributed by atoms with Gasteiger partial charge >= 0.3 is 0 Å². The highest BCUT2D eigenvalue weighted by Gasteiger charge is 2.36. The lowest BCUT2D eigenvalue weighted by Gasteiger charge is -2.33. The lowest BCUT2D eigenvalue weighted by molar-refractivity contribution is -0.137. The van der Waals surface area contributed by atoms with Crippen LogP contribution in [-0.4, -0.2) is 34.8 Å². The number of rotatable bonds is 1. The molecule has 0 radical (unpaired) electrons. The number of ether oxygens (including phenoxy) is 1. The first-order chi connectivity index (χ1) is 12.3. The van der Waals surface area contributed by atoms with Gasteiger partial charge in [0.05, 0.1) is 7.11 Å². The van der Waals surface area contributed by atoms with Gasteiger partial charge in [0, 0.05) is 39.8 Å². The van der Waals surface area contributed by atoms with Crippen molar-refractivity contribution in [2.24, 2.45) is 0 Å². The van der Waals surface area contributed by atoms with E-state index in [0.717, 1.165) is 27.9 Å². The van der Waals surface area contributed by atoms with Crippen LogP contribution in [0.1, 0.15) is 32.0 Å². The second kappa shape index (κ2) is 5.49. The molecule has 134 valence electrons. The molecule has 6 heteroatoms. The predicted octanol–water partition coefficient (Wildman–Crippen LogP) is 2.67. The Labute approximate surface area is 151 Å². The van der Waals surface area contributed by atoms with Crippen LogP contribution in [0.3, 0.4) is 0 Å². The highest BCUT2D eigenvalue weighted by Crippen LogP contribution is 2.37. The minimum atomic E-state index is -0.543. The lowest BCUT2D eigenvalue weighted by Crippen LogP contribution is -2.53. The van der Waals surface area contributed by atoms with Gasteiger partial charge in [-0.2, -0.15) is 0 Å². The second-order valence-corrected chi connectivity index (χ2v) is 7.30. The van der Waals surface area contributed by atoms with E-state index in [2.05, 4.69) is 24.1 Å². The Morgan fingerprint density at radius 1 is 1.23 bits per heavy atom. The van der Waals surface area contributed by atoms with Crippen LogP contribution in [0.15, 0.2) is 36.2 Å². The molecule has 2 aromatic rings. The predicted molar refractivity (Wildman–Crippen MR) is 99.4 cm³/mol. The van der Waals surface area contributed by atoms with Crippen LogP contribution in [0.4, 0.5) is 0 Å². The van der Waals surface area contributed by atoms with Crippen LogP contribution in [0.5, 0.6) is 5.75 Å². The zero-order valence-corrected chi connectivity index (χ0v) is 15.2. The molecule has 2 N–H and O–H groups in total. The maximum Gasteiger partial charge on any atom is 0.269 e. The quantitative estimate of drug-likeness (QED) is 0.829. The normalized spacial score (nSPS) is 22.7. The summed E-state index contributed by atoms with van der Waals surface area (Å²) in [5.74, 6) is 0.358. The fraction of sp³-hybridized carbons (Fsp3) is 0.300. The largest absolute Gasteiger partial charge is 0.497 e. The third-order valence-electron chi connectivity index (χ3n) is 5.06. The molecule has 1 saturated heterocycles. The van der Waals surface area contributed by atoms with E-state index in [0.29, 0.717) is 5.70 Å². The minimum absolute atomic E-state index is 0.145. The highest BCUT2D eigenvalue weighted by molar-refractivity contribution is 6.09. The van der Waals surface area contributed by atoms with Gasteiger partial charge < -0.3 is 15.0 Å². The van der Waals surface area contributed by atoms with Gasteiger partial charge in [0.25, 0.3) is 11.8 Å². The summed E-state index contributed by atoms with van der Waals surface area (Å²) < 4.78 is 5.32. The number of aromatic amines is 1. The van der Waals surface area contributed by atoms with Gasteiger partial charge in [-0.05, 0) is 25.1 Å². The van der Waals surface area contributed by atoms with Gasteiger partial charge in [-0.25, -0.2) is 0 Å². The van der Waals surface area contributed by atoms with Gasteiger partial charge in [-0.1, -0.05) is 19.9 Å². The average Bonchev–Trinajstić information content (AvgIpc) is 2.96. The number of hydrogen-bond donors (Lipinski definition) is 2. The molecule has 1 aromatic carbocycles. The van der Waals surface area contributed by atoms with Gasteiger partial charge in [-0.15, -0.1) is 0 Å². The number of hydrogen-bond acceptors (Lipinski definition) is 3. The van der Waals surface area contributed by atoms with E-state index in [1.54, 1.807) is 26.3 Å². The Morgan fingerprint density at radius 3 is 2.73 bits per heavy atom. The molecule has 2 aliphatic rings. The van der Waals surface area contributed by atoms with Crippen molar-refractivity contribution >= 4 is 28.8 Å². The SMILES string of the molecule is COc1ccc2c3c([nH]c2c1)C(C)(C)/C=C\N1C(=O)[C@H](C)NC(=O)C1=C3. The molecule has 6 nitrogen and oxygen atoms in total. The smallest absolute Gasteiger partial charge is 0.269 e. The zero-order valence-electron chi connectivity index (χ0n) is 15.2. The molecule has 1 atom stereocenters.